The van der Waals surface area contributed by atoms with Gasteiger partial charge in [-0.2, -0.15) is 0 Å². The Morgan fingerprint density at radius 1 is 1.05 bits per heavy atom. The van der Waals surface area contributed by atoms with Gasteiger partial charge in [0.2, 0.25) is 0 Å². The van der Waals surface area contributed by atoms with Crippen LogP contribution in [-0.4, -0.2) is 18.3 Å². The molecule has 0 atom stereocenters. The van der Waals surface area contributed by atoms with Crippen LogP contribution < -0.4 is 5.32 Å². The van der Waals surface area contributed by atoms with Gasteiger partial charge in [0.1, 0.15) is 0 Å². The Labute approximate surface area is 119 Å². The summed E-state index contributed by atoms with van der Waals surface area (Å²) in [7, 11) is 0. The van der Waals surface area contributed by atoms with Crippen molar-refractivity contribution in [2.45, 2.75) is 13.0 Å². The van der Waals surface area contributed by atoms with Crippen LogP contribution in [0.3, 0.4) is 0 Å². The molecule has 0 amide bonds. The van der Waals surface area contributed by atoms with Crippen molar-refractivity contribution >= 4 is 11.6 Å². The summed E-state index contributed by atoms with van der Waals surface area (Å²) < 4.78 is 0. The van der Waals surface area contributed by atoms with Gasteiger partial charge in [-0.1, -0.05) is 54.1 Å². The zero-order chi connectivity index (χ0) is 13.5. The second kappa shape index (κ2) is 7.29. The standard InChI is InChI=1S/C16H18ClNO/c17-16-11-13(12-18-9-4-10-19)7-8-15(16)14-5-2-1-3-6-14/h1-3,5-8,11,18-19H,4,9-10,12H2. The van der Waals surface area contributed by atoms with Crippen LogP contribution in [-0.2, 0) is 6.54 Å². The van der Waals surface area contributed by atoms with Gasteiger partial charge in [0.15, 0.2) is 0 Å². The van der Waals surface area contributed by atoms with Crippen molar-refractivity contribution in [1.82, 2.24) is 5.32 Å². The lowest BCUT2D eigenvalue weighted by atomic mass is 10.0. The van der Waals surface area contributed by atoms with Gasteiger partial charge in [0.25, 0.3) is 0 Å². The largest absolute Gasteiger partial charge is 0.396 e. The highest BCUT2D eigenvalue weighted by Crippen LogP contribution is 2.28. The molecule has 0 bridgehead atoms. The zero-order valence-corrected chi connectivity index (χ0v) is 11.5. The molecular weight excluding hydrogens is 258 g/mol. The average Bonchev–Trinajstić information content (AvgIpc) is 2.45. The van der Waals surface area contributed by atoms with Crippen molar-refractivity contribution in [3.8, 4) is 11.1 Å². The normalized spacial score (nSPS) is 10.6. The lowest BCUT2D eigenvalue weighted by molar-refractivity contribution is 0.286. The van der Waals surface area contributed by atoms with Gasteiger partial charge in [0.05, 0.1) is 0 Å². The minimum atomic E-state index is 0.223. The van der Waals surface area contributed by atoms with E-state index in [9.17, 15) is 0 Å². The molecule has 19 heavy (non-hydrogen) atoms. The van der Waals surface area contributed by atoms with E-state index in [0.717, 1.165) is 41.2 Å². The highest BCUT2D eigenvalue weighted by Gasteiger charge is 2.04. The molecule has 3 heteroatoms. The van der Waals surface area contributed by atoms with E-state index in [0.29, 0.717) is 0 Å². The van der Waals surface area contributed by atoms with Crippen LogP contribution in [0.4, 0.5) is 0 Å². The van der Waals surface area contributed by atoms with Crippen LogP contribution in [0, 0.1) is 0 Å². The fourth-order valence-electron chi connectivity index (χ4n) is 1.96. The molecule has 0 saturated carbocycles. The molecule has 2 N–H and O–H groups in total. The first kappa shape index (κ1) is 14.1. The van der Waals surface area contributed by atoms with Crippen LogP contribution in [0.2, 0.25) is 5.02 Å². The van der Waals surface area contributed by atoms with Crippen LogP contribution in [0.25, 0.3) is 11.1 Å². The fourth-order valence-corrected chi connectivity index (χ4v) is 2.27. The molecule has 0 radical (unpaired) electrons. The topological polar surface area (TPSA) is 32.3 Å². The van der Waals surface area contributed by atoms with E-state index in [-0.39, 0.29) is 6.61 Å². The molecule has 0 heterocycles. The summed E-state index contributed by atoms with van der Waals surface area (Å²) in [5, 5.41) is 12.8. The van der Waals surface area contributed by atoms with E-state index in [1.54, 1.807) is 0 Å². The van der Waals surface area contributed by atoms with Crippen molar-refractivity contribution in [2.75, 3.05) is 13.2 Å². The number of hydrogen-bond acceptors (Lipinski definition) is 2. The summed E-state index contributed by atoms with van der Waals surface area (Å²) >= 11 is 6.34. The number of rotatable bonds is 6. The summed E-state index contributed by atoms with van der Waals surface area (Å²) in [4.78, 5) is 0. The van der Waals surface area contributed by atoms with Crippen LogP contribution in [0.5, 0.6) is 0 Å². The summed E-state index contributed by atoms with van der Waals surface area (Å²) in [6.45, 7) is 1.81. The molecule has 0 aliphatic rings. The predicted molar refractivity (Wildman–Crippen MR) is 80.3 cm³/mol. The zero-order valence-electron chi connectivity index (χ0n) is 10.8. The Bertz CT molecular complexity index is 513. The molecule has 0 aliphatic heterocycles. The van der Waals surface area contributed by atoms with E-state index < -0.39 is 0 Å². The van der Waals surface area contributed by atoms with Crippen molar-refractivity contribution in [1.29, 1.82) is 0 Å². The molecular formula is C16H18ClNO. The van der Waals surface area contributed by atoms with Gasteiger partial charge in [-0.3, -0.25) is 0 Å². The van der Waals surface area contributed by atoms with E-state index >= 15 is 0 Å². The number of hydrogen-bond donors (Lipinski definition) is 2. The van der Waals surface area contributed by atoms with Crippen molar-refractivity contribution < 1.29 is 5.11 Å². The van der Waals surface area contributed by atoms with Crippen LogP contribution in [0.15, 0.2) is 48.5 Å². The van der Waals surface area contributed by atoms with E-state index in [1.807, 2.05) is 24.3 Å². The molecule has 2 nitrogen and oxygen atoms in total. The quantitative estimate of drug-likeness (QED) is 0.791. The Hall–Kier alpha value is -1.35. The third kappa shape index (κ3) is 4.06. The summed E-state index contributed by atoms with van der Waals surface area (Å²) in [5.74, 6) is 0. The Morgan fingerprint density at radius 2 is 1.84 bits per heavy atom. The van der Waals surface area contributed by atoms with E-state index in [4.69, 9.17) is 16.7 Å². The molecule has 2 rings (SSSR count). The first-order chi connectivity index (χ1) is 9.31. The number of aliphatic hydroxyl groups is 1. The SMILES string of the molecule is OCCCNCc1ccc(-c2ccccc2)c(Cl)c1. The van der Waals surface area contributed by atoms with Gasteiger partial charge in [-0.05, 0) is 30.2 Å². The van der Waals surface area contributed by atoms with Gasteiger partial charge in [0, 0.05) is 23.7 Å². The molecule has 0 unspecified atom stereocenters. The van der Waals surface area contributed by atoms with Crippen molar-refractivity contribution in [3.05, 3.63) is 59.1 Å². The Kier molecular flexibility index (Phi) is 5.40. The second-order valence-corrected chi connectivity index (χ2v) is 4.84. The number of halogens is 1. The first-order valence-corrected chi connectivity index (χ1v) is 6.84. The summed E-state index contributed by atoms with van der Waals surface area (Å²) in [6, 6.07) is 16.3. The van der Waals surface area contributed by atoms with E-state index in [2.05, 4.69) is 29.6 Å². The lowest BCUT2D eigenvalue weighted by Gasteiger charge is -2.08. The van der Waals surface area contributed by atoms with Gasteiger partial charge in [-0.25, -0.2) is 0 Å². The minimum absolute atomic E-state index is 0.223. The van der Waals surface area contributed by atoms with Gasteiger partial charge < -0.3 is 10.4 Å². The predicted octanol–water partition coefficient (Wildman–Crippen LogP) is 3.48. The summed E-state index contributed by atoms with van der Waals surface area (Å²) in [6.07, 6.45) is 0.774. The average molecular weight is 276 g/mol. The smallest absolute Gasteiger partial charge is 0.0487 e. The maximum atomic E-state index is 8.71. The summed E-state index contributed by atoms with van der Waals surface area (Å²) in [5.41, 5.74) is 3.34. The molecule has 0 saturated heterocycles. The van der Waals surface area contributed by atoms with Crippen LogP contribution in [0.1, 0.15) is 12.0 Å². The van der Waals surface area contributed by atoms with E-state index in [1.165, 1.54) is 0 Å². The van der Waals surface area contributed by atoms with Gasteiger partial charge >= 0.3 is 0 Å². The number of nitrogens with one attached hydrogen (secondary N) is 1. The lowest BCUT2D eigenvalue weighted by Crippen LogP contribution is -2.15. The second-order valence-electron chi connectivity index (χ2n) is 4.43. The molecule has 2 aromatic carbocycles. The van der Waals surface area contributed by atoms with Crippen molar-refractivity contribution in [3.63, 3.8) is 0 Å². The molecule has 0 aromatic heterocycles. The monoisotopic (exact) mass is 275 g/mol. The third-order valence-corrected chi connectivity index (χ3v) is 3.27. The first-order valence-electron chi connectivity index (χ1n) is 6.46. The number of aliphatic hydroxyl groups excluding tert-OH is 1. The van der Waals surface area contributed by atoms with Gasteiger partial charge in [-0.15, -0.1) is 0 Å². The highest BCUT2D eigenvalue weighted by molar-refractivity contribution is 6.33. The molecule has 100 valence electrons. The molecule has 0 fully saturated rings. The van der Waals surface area contributed by atoms with Crippen LogP contribution >= 0.6 is 11.6 Å². The minimum Gasteiger partial charge on any atom is -0.396 e. The maximum Gasteiger partial charge on any atom is 0.0487 e. The van der Waals surface area contributed by atoms with Crippen molar-refractivity contribution in [2.24, 2.45) is 0 Å². The molecule has 0 aliphatic carbocycles. The fraction of sp³-hybridized carbons (Fsp3) is 0.250. The highest BCUT2D eigenvalue weighted by atomic mass is 35.5. The maximum absolute atomic E-state index is 8.71. The Morgan fingerprint density at radius 3 is 2.53 bits per heavy atom. The number of benzene rings is 2. The Balaban J connectivity index is 2.05. The molecule has 2 aromatic rings. The molecule has 0 spiro atoms. The third-order valence-electron chi connectivity index (χ3n) is 2.96.